The number of hydrogen-bond acceptors (Lipinski definition) is 3. The molecule has 1 nitrogen and oxygen atoms in total. The van der Waals surface area contributed by atoms with E-state index in [1.165, 1.54) is 9.77 Å². The van der Waals surface area contributed by atoms with E-state index >= 15 is 0 Å². The Morgan fingerprint density at radius 3 is 2.62 bits per heavy atom. The van der Waals surface area contributed by atoms with E-state index in [0.29, 0.717) is 0 Å². The van der Waals surface area contributed by atoms with Crippen LogP contribution in [-0.2, 0) is 0 Å². The average molecular weight is 247 g/mol. The van der Waals surface area contributed by atoms with Gasteiger partial charge >= 0.3 is 0 Å². The Hall–Kier alpha value is -1.06. The van der Waals surface area contributed by atoms with Crippen molar-refractivity contribution in [3.05, 3.63) is 41.4 Å². The highest BCUT2D eigenvalue weighted by atomic mass is 32.2. The first-order chi connectivity index (χ1) is 7.85. The molecule has 0 N–H and O–H groups in total. The molecule has 1 heterocycles. The molecule has 0 fully saturated rings. The molecule has 0 aliphatic rings. The fourth-order valence-corrected chi connectivity index (χ4v) is 3.19. The van der Waals surface area contributed by atoms with Crippen molar-refractivity contribution in [3.8, 4) is 11.3 Å². The summed E-state index contributed by atoms with van der Waals surface area (Å²) in [5, 5.41) is 1.07. The summed E-state index contributed by atoms with van der Waals surface area (Å²) in [5.41, 5.74) is 2.30. The smallest absolute Gasteiger partial charge is 0.117 e. The number of hydrogen-bond donors (Lipinski definition) is 0. The topological polar surface area (TPSA) is 12.9 Å². The van der Waals surface area contributed by atoms with Crippen molar-refractivity contribution in [2.45, 2.75) is 11.1 Å². The minimum Gasteiger partial charge on any atom is -0.235 e. The molecular weight excluding hydrogens is 234 g/mol. The Balaban J connectivity index is 2.47. The fourth-order valence-electron chi connectivity index (χ4n) is 1.45. The lowest BCUT2D eigenvalue weighted by Crippen LogP contribution is -1.79. The largest absolute Gasteiger partial charge is 0.235 e. The zero-order valence-electron chi connectivity index (χ0n) is 9.31. The maximum atomic E-state index is 4.65. The van der Waals surface area contributed by atoms with Gasteiger partial charge in [-0.2, -0.15) is 0 Å². The molecule has 0 saturated carbocycles. The standard InChI is InChI=1S/C13H13NS2/c1-3-7-11-14-12(13(15-2)16-11)10-8-5-4-6-9-10/h3-9H,1-2H3/b7-3+. The molecule has 0 unspecified atom stereocenters. The minimum absolute atomic E-state index is 1.07. The summed E-state index contributed by atoms with van der Waals surface area (Å²) in [6, 6.07) is 10.3. The molecule has 1 aromatic heterocycles. The Morgan fingerprint density at radius 1 is 1.25 bits per heavy atom. The molecule has 1 aromatic carbocycles. The maximum Gasteiger partial charge on any atom is 0.117 e. The van der Waals surface area contributed by atoms with Gasteiger partial charge in [-0.3, -0.25) is 0 Å². The van der Waals surface area contributed by atoms with Crippen molar-refractivity contribution < 1.29 is 0 Å². The Kier molecular flexibility index (Phi) is 3.80. The van der Waals surface area contributed by atoms with Gasteiger partial charge < -0.3 is 0 Å². The number of thiazole rings is 1. The summed E-state index contributed by atoms with van der Waals surface area (Å²) in [6.07, 6.45) is 6.17. The first kappa shape index (κ1) is 11.4. The molecule has 3 heteroatoms. The summed E-state index contributed by atoms with van der Waals surface area (Å²) >= 11 is 3.50. The van der Waals surface area contributed by atoms with Gasteiger partial charge in [0.05, 0.1) is 9.90 Å². The van der Waals surface area contributed by atoms with Crippen LogP contribution >= 0.6 is 23.1 Å². The molecule has 0 spiro atoms. The highest BCUT2D eigenvalue weighted by molar-refractivity contribution is 8.00. The van der Waals surface area contributed by atoms with Gasteiger partial charge in [0.25, 0.3) is 0 Å². The third kappa shape index (κ3) is 2.36. The van der Waals surface area contributed by atoms with E-state index in [4.69, 9.17) is 0 Å². The zero-order valence-corrected chi connectivity index (χ0v) is 10.9. The van der Waals surface area contributed by atoms with Crippen LogP contribution in [0.4, 0.5) is 0 Å². The van der Waals surface area contributed by atoms with Crippen LogP contribution in [0.1, 0.15) is 11.9 Å². The van der Waals surface area contributed by atoms with E-state index in [1.807, 2.05) is 31.2 Å². The van der Waals surface area contributed by atoms with Crippen molar-refractivity contribution in [2.24, 2.45) is 0 Å². The molecule has 0 bridgehead atoms. The lowest BCUT2D eigenvalue weighted by atomic mass is 10.2. The highest BCUT2D eigenvalue weighted by Crippen LogP contribution is 2.35. The number of thioether (sulfide) groups is 1. The third-order valence-corrected chi connectivity index (χ3v) is 4.28. The van der Waals surface area contributed by atoms with E-state index in [9.17, 15) is 0 Å². The predicted molar refractivity (Wildman–Crippen MR) is 74.0 cm³/mol. The Labute approximate surface area is 104 Å². The van der Waals surface area contributed by atoms with Gasteiger partial charge in [-0.25, -0.2) is 4.98 Å². The van der Waals surface area contributed by atoms with Crippen molar-refractivity contribution in [2.75, 3.05) is 6.26 Å². The van der Waals surface area contributed by atoms with E-state index in [2.05, 4.69) is 29.4 Å². The first-order valence-electron chi connectivity index (χ1n) is 5.08. The zero-order chi connectivity index (χ0) is 11.4. The normalized spacial score (nSPS) is 11.1. The predicted octanol–water partition coefficient (Wildman–Crippen LogP) is 4.57. The average Bonchev–Trinajstić information content (AvgIpc) is 2.74. The van der Waals surface area contributed by atoms with Gasteiger partial charge in [0.2, 0.25) is 0 Å². The highest BCUT2D eigenvalue weighted by Gasteiger charge is 2.10. The second kappa shape index (κ2) is 5.32. The molecule has 0 aliphatic heterocycles. The van der Waals surface area contributed by atoms with Gasteiger partial charge in [-0.15, -0.1) is 23.1 Å². The Morgan fingerprint density at radius 2 is 2.00 bits per heavy atom. The van der Waals surface area contributed by atoms with Gasteiger partial charge in [0.15, 0.2) is 0 Å². The summed E-state index contributed by atoms with van der Waals surface area (Å²) < 4.78 is 1.28. The summed E-state index contributed by atoms with van der Waals surface area (Å²) in [7, 11) is 0. The molecule has 0 atom stereocenters. The van der Waals surface area contributed by atoms with Crippen molar-refractivity contribution in [1.29, 1.82) is 0 Å². The van der Waals surface area contributed by atoms with Crippen molar-refractivity contribution in [3.63, 3.8) is 0 Å². The minimum atomic E-state index is 1.07. The van der Waals surface area contributed by atoms with Crippen LogP contribution in [0.5, 0.6) is 0 Å². The van der Waals surface area contributed by atoms with Crippen LogP contribution in [0, 0.1) is 0 Å². The molecule has 0 radical (unpaired) electrons. The number of rotatable bonds is 3. The van der Waals surface area contributed by atoms with Crippen molar-refractivity contribution >= 4 is 29.2 Å². The van der Waals surface area contributed by atoms with Gasteiger partial charge in [-0.05, 0) is 19.3 Å². The summed E-state index contributed by atoms with van der Waals surface area (Å²) in [6.45, 7) is 2.02. The number of allylic oxidation sites excluding steroid dienone is 1. The molecular formula is C13H13NS2. The van der Waals surface area contributed by atoms with Gasteiger partial charge in [0, 0.05) is 5.56 Å². The monoisotopic (exact) mass is 247 g/mol. The first-order valence-corrected chi connectivity index (χ1v) is 7.12. The second-order valence-corrected chi connectivity index (χ2v) is 5.36. The number of nitrogens with zero attached hydrogens (tertiary/aromatic N) is 1. The van der Waals surface area contributed by atoms with E-state index in [0.717, 1.165) is 10.7 Å². The van der Waals surface area contributed by atoms with Crippen LogP contribution < -0.4 is 0 Å². The van der Waals surface area contributed by atoms with Crippen LogP contribution in [0.3, 0.4) is 0 Å². The van der Waals surface area contributed by atoms with Gasteiger partial charge in [0.1, 0.15) is 5.01 Å². The SMILES string of the molecule is C/C=C/c1nc(-c2ccccc2)c(SC)s1. The second-order valence-electron chi connectivity index (χ2n) is 3.26. The van der Waals surface area contributed by atoms with Crippen LogP contribution in [0.15, 0.2) is 40.6 Å². The quantitative estimate of drug-likeness (QED) is 0.737. The molecule has 0 saturated heterocycles. The summed E-state index contributed by atoms with van der Waals surface area (Å²) in [4.78, 5) is 4.65. The lowest BCUT2D eigenvalue weighted by molar-refractivity contribution is 1.35. The molecule has 2 rings (SSSR count). The fraction of sp³-hybridized carbons (Fsp3) is 0.154. The molecule has 2 aromatic rings. The summed E-state index contributed by atoms with van der Waals surface area (Å²) in [5.74, 6) is 0. The van der Waals surface area contributed by atoms with Crippen LogP contribution in [0.25, 0.3) is 17.3 Å². The number of benzene rings is 1. The molecule has 0 amide bonds. The maximum absolute atomic E-state index is 4.65. The van der Waals surface area contributed by atoms with Crippen LogP contribution in [-0.4, -0.2) is 11.2 Å². The van der Waals surface area contributed by atoms with E-state index < -0.39 is 0 Å². The molecule has 0 aliphatic carbocycles. The molecule has 16 heavy (non-hydrogen) atoms. The number of aromatic nitrogens is 1. The Bertz CT molecular complexity index is 486. The van der Waals surface area contributed by atoms with E-state index in [-0.39, 0.29) is 0 Å². The third-order valence-electron chi connectivity index (χ3n) is 2.15. The van der Waals surface area contributed by atoms with Gasteiger partial charge in [-0.1, -0.05) is 36.4 Å². The lowest BCUT2D eigenvalue weighted by Gasteiger charge is -1.98. The molecule has 82 valence electrons. The van der Waals surface area contributed by atoms with E-state index in [1.54, 1.807) is 23.1 Å². The van der Waals surface area contributed by atoms with Crippen LogP contribution in [0.2, 0.25) is 0 Å². The van der Waals surface area contributed by atoms with Crippen molar-refractivity contribution in [1.82, 2.24) is 4.98 Å².